The molecule has 6 rings (SSSR count). The average molecular weight is 576 g/mol. The van der Waals surface area contributed by atoms with E-state index in [0.29, 0.717) is 60.1 Å². The van der Waals surface area contributed by atoms with Crippen LogP contribution < -0.4 is 21.1 Å². The highest BCUT2D eigenvalue weighted by Crippen LogP contribution is 2.52. The van der Waals surface area contributed by atoms with Crippen molar-refractivity contribution >= 4 is 39.5 Å². The second-order valence-corrected chi connectivity index (χ2v) is 12.9. The normalized spacial score (nSPS) is 26.8. The molecule has 3 fully saturated rings. The topological polar surface area (TPSA) is 151 Å². The lowest BCUT2D eigenvalue weighted by molar-refractivity contribution is -0.123. The van der Waals surface area contributed by atoms with Crippen molar-refractivity contribution in [2.75, 3.05) is 30.8 Å². The lowest BCUT2D eigenvalue weighted by atomic mass is 9.61. The standard InChI is InChI=1S/C30H37N7O3S/c1-17(20-8-5-13-36(20)2)40-23-15-22(37-14-6-10-24(37)38)34-29(35-23)26(32)18-7-3-11-30(27(18)39)12-4-9-21-25(30)19(16-31)28(33)41-21/h15,17,20H,3-14,32-33H2,1-2H3/b26-18-/t17-,20-,30-/m0/s1. The number of ether oxygens (including phenoxy) is 1. The summed E-state index contributed by atoms with van der Waals surface area (Å²) in [6, 6.07) is 4.24. The van der Waals surface area contributed by atoms with Crippen molar-refractivity contribution in [2.24, 2.45) is 5.73 Å². The van der Waals surface area contributed by atoms with Crippen molar-refractivity contribution in [1.82, 2.24) is 14.9 Å². The van der Waals surface area contributed by atoms with Crippen molar-refractivity contribution in [2.45, 2.75) is 88.7 Å². The SMILES string of the molecule is C[C@H](Oc1cc(N2CCCC2=O)nc(/C(N)=C2\CCC[C@@]3(CCCc4sc(N)c(C#N)c43)C2=O)n1)[C@@H]1CCCN1C. The molecule has 4 heterocycles. The number of Topliss-reactive ketones (excluding diaryl/α,β-unsaturated/α-hetero) is 1. The molecule has 2 aromatic rings. The molecule has 2 aromatic heterocycles. The zero-order valence-electron chi connectivity index (χ0n) is 23.7. The fourth-order valence-corrected chi connectivity index (χ4v) is 8.50. The van der Waals surface area contributed by atoms with E-state index in [1.807, 2.05) is 6.92 Å². The number of likely N-dealkylation sites (N-methyl/N-ethyl adjacent to an activating group) is 1. The number of thiophene rings is 1. The second-order valence-electron chi connectivity index (χ2n) is 11.8. The Kier molecular flexibility index (Phi) is 7.24. The molecule has 10 nitrogen and oxygen atoms in total. The Bertz CT molecular complexity index is 1480. The number of carbonyl (C=O) groups is 2. The molecule has 11 heteroatoms. The third-order valence-corrected chi connectivity index (χ3v) is 10.5. The monoisotopic (exact) mass is 575 g/mol. The zero-order chi connectivity index (χ0) is 28.9. The number of nitriles is 1. The minimum atomic E-state index is -0.811. The molecule has 0 bridgehead atoms. The van der Waals surface area contributed by atoms with Crippen molar-refractivity contribution in [3.05, 3.63) is 33.5 Å². The molecule has 0 aromatic carbocycles. The van der Waals surface area contributed by atoms with Gasteiger partial charge in [-0.15, -0.1) is 11.3 Å². The lowest BCUT2D eigenvalue weighted by Crippen LogP contribution is -2.43. The van der Waals surface area contributed by atoms with E-state index in [1.54, 1.807) is 11.0 Å². The van der Waals surface area contributed by atoms with Crippen LogP contribution in [0.1, 0.15) is 86.5 Å². The summed E-state index contributed by atoms with van der Waals surface area (Å²) in [5, 5.41) is 10.4. The Morgan fingerprint density at radius 3 is 2.63 bits per heavy atom. The molecule has 4 aliphatic rings. The molecule has 1 saturated carbocycles. The summed E-state index contributed by atoms with van der Waals surface area (Å²) in [4.78, 5) is 41.4. The molecule has 0 unspecified atom stereocenters. The van der Waals surface area contributed by atoms with Gasteiger partial charge in [-0.1, -0.05) is 0 Å². The van der Waals surface area contributed by atoms with Crippen molar-refractivity contribution in [3.8, 4) is 11.9 Å². The Morgan fingerprint density at radius 2 is 1.95 bits per heavy atom. The summed E-state index contributed by atoms with van der Waals surface area (Å²) >= 11 is 1.42. The van der Waals surface area contributed by atoms with Gasteiger partial charge in [-0.3, -0.25) is 19.4 Å². The Labute approximate surface area is 244 Å². The van der Waals surface area contributed by atoms with Gasteiger partial charge < -0.3 is 16.2 Å². The van der Waals surface area contributed by atoms with Crippen molar-refractivity contribution < 1.29 is 14.3 Å². The van der Waals surface area contributed by atoms with Crippen LogP contribution in [-0.2, 0) is 21.4 Å². The van der Waals surface area contributed by atoms with E-state index < -0.39 is 5.41 Å². The minimum absolute atomic E-state index is 0.00286. The van der Waals surface area contributed by atoms with Gasteiger partial charge in [-0.2, -0.15) is 10.2 Å². The maximum Gasteiger partial charge on any atom is 0.228 e. The van der Waals surface area contributed by atoms with Gasteiger partial charge in [-0.05, 0) is 83.9 Å². The number of nitrogens with zero attached hydrogens (tertiary/aromatic N) is 5. The first-order chi connectivity index (χ1) is 19.7. The number of hydrogen-bond acceptors (Lipinski definition) is 10. The van der Waals surface area contributed by atoms with Gasteiger partial charge in [-0.25, -0.2) is 4.98 Å². The van der Waals surface area contributed by atoms with E-state index in [4.69, 9.17) is 26.2 Å². The van der Waals surface area contributed by atoms with Gasteiger partial charge in [0.2, 0.25) is 11.8 Å². The first-order valence-corrected chi connectivity index (χ1v) is 15.5. The molecule has 1 amide bonds. The van der Waals surface area contributed by atoms with E-state index in [0.717, 1.165) is 55.5 Å². The van der Waals surface area contributed by atoms with Crippen LogP contribution in [0.25, 0.3) is 5.70 Å². The van der Waals surface area contributed by atoms with Gasteiger partial charge in [0.25, 0.3) is 0 Å². The predicted octanol–water partition coefficient (Wildman–Crippen LogP) is 3.68. The smallest absolute Gasteiger partial charge is 0.228 e. The fraction of sp³-hybridized carbons (Fsp3) is 0.567. The summed E-state index contributed by atoms with van der Waals surface area (Å²) in [6.07, 6.45) is 7.47. The molecule has 2 aliphatic heterocycles. The van der Waals surface area contributed by atoms with Gasteiger partial charge in [0, 0.05) is 35.5 Å². The third kappa shape index (κ3) is 4.67. The number of allylic oxidation sites excluding steroid dienone is 1. The van der Waals surface area contributed by atoms with E-state index in [2.05, 4.69) is 18.0 Å². The molecule has 1 spiro atoms. The van der Waals surface area contributed by atoms with Crippen LogP contribution in [0.2, 0.25) is 0 Å². The number of nitrogens with two attached hydrogens (primary N) is 2. The van der Waals surface area contributed by atoms with Gasteiger partial charge in [0.1, 0.15) is 23.0 Å². The second kappa shape index (κ2) is 10.7. The lowest BCUT2D eigenvalue weighted by Gasteiger charge is -2.40. The molecule has 216 valence electrons. The highest BCUT2D eigenvalue weighted by atomic mass is 32.1. The minimum Gasteiger partial charge on any atom is -0.473 e. The largest absolute Gasteiger partial charge is 0.473 e. The number of hydrogen-bond donors (Lipinski definition) is 2. The summed E-state index contributed by atoms with van der Waals surface area (Å²) in [5.74, 6) is 0.920. The first kappa shape index (κ1) is 27.7. The molecule has 3 atom stereocenters. The van der Waals surface area contributed by atoms with E-state index in [1.165, 1.54) is 11.3 Å². The number of ketones is 1. The van der Waals surface area contributed by atoms with Crippen molar-refractivity contribution in [1.29, 1.82) is 5.26 Å². The van der Waals surface area contributed by atoms with Crippen LogP contribution in [0.15, 0.2) is 11.6 Å². The molecule has 41 heavy (non-hydrogen) atoms. The first-order valence-electron chi connectivity index (χ1n) is 14.7. The number of aromatic nitrogens is 2. The van der Waals surface area contributed by atoms with Crippen LogP contribution in [0, 0.1) is 11.3 Å². The number of likely N-dealkylation sites (tertiary alicyclic amines) is 1. The predicted molar refractivity (Wildman–Crippen MR) is 157 cm³/mol. The third-order valence-electron chi connectivity index (χ3n) is 9.38. The zero-order valence-corrected chi connectivity index (χ0v) is 24.6. The number of fused-ring (bicyclic) bond motifs is 2. The number of amides is 1. The summed E-state index contributed by atoms with van der Waals surface area (Å²) in [6.45, 7) is 3.62. The van der Waals surface area contributed by atoms with Gasteiger partial charge in [0.05, 0.1) is 16.7 Å². The number of anilines is 2. The molecule has 2 aliphatic carbocycles. The summed E-state index contributed by atoms with van der Waals surface area (Å²) in [7, 11) is 2.10. The molecule has 4 N–H and O–H groups in total. The highest BCUT2D eigenvalue weighted by molar-refractivity contribution is 7.16. The van der Waals surface area contributed by atoms with Crippen LogP contribution in [0.4, 0.5) is 10.8 Å². The van der Waals surface area contributed by atoms with E-state index in [-0.39, 0.29) is 35.4 Å². The fourth-order valence-electron chi connectivity index (χ4n) is 7.34. The van der Waals surface area contributed by atoms with E-state index >= 15 is 0 Å². The van der Waals surface area contributed by atoms with Crippen LogP contribution in [-0.4, -0.2) is 58.8 Å². The number of aryl methyl sites for hydroxylation is 1. The van der Waals surface area contributed by atoms with Crippen LogP contribution in [0.5, 0.6) is 5.88 Å². The maximum atomic E-state index is 14.4. The molecular weight excluding hydrogens is 538 g/mol. The number of rotatable bonds is 5. The highest BCUT2D eigenvalue weighted by Gasteiger charge is 2.49. The number of carbonyl (C=O) groups excluding carboxylic acids is 2. The van der Waals surface area contributed by atoms with Gasteiger partial charge >= 0.3 is 0 Å². The molecule has 2 saturated heterocycles. The van der Waals surface area contributed by atoms with Crippen LogP contribution in [0.3, 0.4) is 0 Å². The van der Waals surface area contributed by atoms with E-state index in [9.17, 15) is 14.9 Å². The van der Waals surface area contributed by atoms with Gasteiger partial charge in [0.15, 0.2) is 11.6 Å². The molecule has 0 radical (unpaired) electrons. The summed E-state index contributed by atoms with van der Waals surface area (Å²) < 4.78 is 6.36. The quantitative estimate of drug-likeness (QED) is 0.509. The number of nitrogen functional groups attached to an aromatic ring is 1. The van der Waals surface area contributed by atoms with Crippen LogP contribution >= 0.6 is 11.3 Å². The Balaban J connectivity index is 1.41. The Hall–Kier alpha value is -3.49. The maximum absolute atomic E-state index is 14.4. The summed E-state index contributed by atoms with van der Waals surface area (Å²) in [5.41, 5.74) is 14.1. The van der Waals surface area contributed by atoms with Crippen molar-refractivity contribution in [3.63, 3.8) is 0 Å². The molecular formula is C30H37N7O3S. The Morgan fingerprint density at radius 1 is 1.17 bits per heavy atom. The average Bonchev–Trinajstić information content (AvgIpc) is 3.67.